The average molecular weight is 369 g/mol. The molecular formula is C20H36N2O4. The molecule has 3 rings (SSSR count). The Bertz CT molecular complexity index is 466. The molecule has 1 amide bonds. The van der Waals surface area contributed by atoms with Crippen molar-refractivity contribution in [3.8, 4) is 0 Å². The Hall–Kier alpha value is -0.850. The van der Waals surface area contributed by atoms with Crippen molar-refractivity contribution in [3.05, 3.63) is 0 Å². The predicted molar refractivity (Wildman–Crippen MR) is 100 cm³/mol. The molecule has 26 heavy (non-hydrogen) atoms. The van der Waals surface area contributed by atoms with Crippen LogP contribution in [0.4, 0.5) is 4.79 Å². The SMILES string of the molecule is CCOC(=O)N1CCC2(CCC(N3C[C@@H](O)[C@H](OC(C)C)C3)CC2)CC1. The van der Waals surface area contributed by atoms with Gasteiger partial charge in [0.05, 0.1) is 24.9 Å². The number of amides is 1. The lowest BCUT2D eigenvalue weighted by molar-refractivity contribution is -0.0402. The summed E-state index contributed by atoms with van der Waals surface area (Å²) in [5.74, 6) is 0. The average Bonchev–Trinajstić information content (AvgIpc) is 2.96. The van der Waals surface area contributed by atoms with Crippen LogP contribution in [0.1, 0.15) is 59.3 Å². The minimum Gasteiger partial charge on any atom is -0.450 e. The first kappa shape index (κ1) is 19.9. The van der Waals surface area contributed by atoms with E-state index < -0.39 is 0 Å². The number of rotatable bonds is 4. The minimum atomic E-state index is -0.360. The van der Waals surface area contributed by atoms with Crippen molar-refractivity contribution < 1.29 is 19.4 Å². The molecule has 2 saturated heterocycles. The standard InChI is InChI=1S/C20H36N2O4/c1-4-25-19(24)21-11-9-20(10-12-21)7-5-16(6-8-20)22-13-17(23)18(14-22)26-15(2)3/h15-18,23H,4-14H2,1-3H3/t17-,18-/m1/s1. The van der Waals surface area contributed by atoms with Gasteiger partial charge >= 0.3 is 6.09 Å². The molecule has 6 nitrogen and oxygen atoms in total. The molecule has 6 heteroatoms. The second-order valence-electron chi connectivity index (χ2n) is 8.66. The maximum Gasteiger partial charge on any atom is 0.409 e. The van der Waals surface area contributed by atoms with Gasteiger partial charge in [0.15, 0.2) is 0 Å². The van der Waals surface area contributed by atoms with Gasteiger partial charge in [-0.15, -0.1) is 0 Å². The van der Waals surface area contributed by atoms with E-state index in [0.29, 0.717) is 18.1 Å². The molecular weight excluding hydrogens is 332 g/mol. The van der Waals surface area contributed by atoms with Crippen LogP contribution in [0.15, 0.2) is 0 Å². The van der Waals surface area contributed by atoms with Crippen LogP contribution in [-0.2, 0) is 9.47 Å². The zero-order valence-corrected chi connectivity index (χ0v) is 16.7. The van der Waals surface area contributed by atoms with E-state index in [2.05, 4.69) is 4.90 Å². The monoisotopic (exact) mass is 368 g/mol. The third-order valence-electron chi connectivity index (χ3n) is 6.59. The van der Waals surface area contributed by atoms with Crippen molar-refractivity contribution in [2.45, 2.75) is 83.6 Å². The van der Waals surface area contributed by atoms with Crippen LogP contribution in [-0.4, -0.2) is 78.1 Å². The lowest BCUT2D eigenvalue weighted by atomic mass is 9.67. The van der Waals surface area contributed by atoms with Crippen LogP contribution < -0.4 is 0 Å². The van der Waals surface area contributed by atoms with Gasteiger partial charge < -0.3 is 19.5 Å². The molecule has 2 atom stereocenters. The molecule has 2 heterocycles. The second-order valence-corrected chi connectivity index (χ2v) is 8.66. The van der Waals surface area contributed by atoms with Gasteiger partial charge in [-0.3, -0.25) is 4.90 Å². The fourth-order valence-electron chi connectivity index (χ4n) is 5.03. The molecule has 0 aromatic heterocycles. The number of hydrogen-bond acceptors (Lipinski definition) is 5. The number of piperidine rings is 1. The van der Waals surface area contributed by atoms with Crippen LogP contribution in [0, 0.1) is 5.41 Å². The molecule has 2 aliphatic heterocycles. The molecule has 0 bridgehead atoms. The van der Waals surface area contributed by atoms with Gasteiger partial charge in [-0.25, -0.2) is 4.79 Å². The van der Waals surface area contributed by atoms with E-state index in [1.165, 1.54) is 25.7 Å². The van der Waals surface area contributed by atoms with E-state index in [1.807, 2.05) is 25.7 Å². The first-order valence-electron chi connectivity index (χ1n) is 10.4. The summed E-state index contributed by atoms with van der Waals surface area (Å²) in [5.41, 5.74) is 0.408. The second kappa shape index (κ2) is 8.44. The Morgan fingerprint density at radius 1 is 1.15 bits per heavy atom. The summed E-state index contributed by atoms with van der Waals surface area (Å²) in [4.78, 5) is 16.2. The Kier molecular flexibility index (Phi) is 6.46. The fraction of sp³-hybridized carbons (Fsp3) is 0.950. The largest absolute Gasteiger partial charge is 0.450 e. The zero-order valence-electron chi connectivity index (χ0n) is 16.7. The van der Waals surface area contributed by atoms with Crippen LogP contribution in [0.2, 0.25) is 0 Å². The Balaban J connectivity index is 1.46. The third-order valence-corrected chi connectivity index (χ3v) is 6.59. The van der Waals surface area contributed by atoms with E-state index in [4.69, 9.17) is 9.47 Å². The van der Waals surface area contributed by atoms with Crippen LogP contribution in [0.5, 0.6) is 0 Å². The smallest absolute Gasteiger partial charge is 0.409 e. The van der Waals surface area contributed by atoms with Crippen molar-refractivity contribution in [2.75, 3.05) is 32.8 Å². The van der Waals surface area contributed by atoms with Gasteiger partial charge in [-0.2, -0.15) is 0 Å². The number of β-amino-alcohol motifs (C(OH)–C–C–N with tert-alkyl or cyclic N) is 1. The molecule has 1 saturated carbocycles. The van der Waals surface area contributed by atoms with Gasteiger partial charge in [0.1, 0.15) is 0 Å². The highest BCUT2D eigenvalue weighted by molar-refractivity contribution is 5.67. The number of hydrogen-bond donors (Lipinski definition) is 1. The molecule has 3 fully saturated rings. The van der Waals surface area contributed by atoms with Gasteiger partial charge in [-0.05, 0) is 64.7 Å². The summed E-state index contributed by atoms with van der Waals surface area (Å²) in [7, 11) is 0. The molecule has 1 spiro atoms. The van der Waals surface area contributed by atoms with Crippen molar-refractivity contribution in [2.24, 2.45) is 5.41 Å². The minimum absolute atomic E-state index is 0.0429. The molecule has 0 radical (unpaired) electrons. The molecule has 0 aromatic rings. The van der Waals surface area contributed by atoms with Crippen LogP contribution in [0.3, 0.4) is 0 Å². The number of nitrogens with zero attached hydrogens (tertiary/aromatic N) is 2. The van der Waals surface area contributed by atoms with Crippen LogP contribution >= 0.6 is 0 Å². The summed E-state index contributed by atoms with van der Waals surface area (Å²) in [5, 5.41) is 10.3. The van der Waals surface area contributed by atoms with Gasteiger partial charge in [-0.1, -0.05) is 0 Å². The third kappa shape index (κ3) is 4.52. The van der Waals surface area contributed by atoms with Crippen molar-refractivity contribution in [1.29, 1.82) is 0 Å². The normalized spacial score (nSPS) is 30.3. The van der Waals surface area contributed by atoms with Gasteiger partial charge in [0.25, 0.3) is 0 Å². The highest BCUT2D eigenvalue weighted by Gasteiger charge is 2.43. The van der Waals surface area contributed by atoms with Crippen molar-refractivity contribution in [1.82, 2.24) is 9.80 Å². The van der Waals surface area contributed by atoms with E-state index in [9.17, 15) is 9.90 Å². The maximum atomic E-state index is 11.9. The van der Waals surface area contributed by atoms with E-state index in [-0.39, 0.29) is 24.4 Å². The first-order valence-corrected chi connectivity index (χ1v) is 10.4. The number of aliphatic hydroxyl groups is 1. The molecule has 1 aliphatic carbocycles. The highest BCUT2D eigenvalue weighted by Crippen LogP contribution is 2.46. The Morgan fingerprint density at radius 2 is 1.81 bits per heavy atom. The Morgan fingerprint density at radius 3 is 2.38 bits per heavy atom. The Labute approximate surface area is 157 Å². The lowest BCUT2D eigenvalue weighted by Gasteiger charge is -2.47. The quantitative estimate of drug-likeness (QED) is 0.826. The molecule has 150 valence electrons. The first-order chi connectivity index (χ1) is 12.4. The molecule has 0 aromatic carbocycles. The summed E-state index contributed by atoms with van der Waals surface area (Å²) in [6.07, 6.45) is 6.65. The summed E-state index contributed by atoms with van der Waals surface area (Å²) >= 11 is 0. The van der Waals surface area contributed by atoms with E-state index in [0.717, 1.165) is 39.0 Å². The fourth-order valence-corrected chi connectivity index (χ4v) is 5.03. The van der Waals surface area contributed by atoms with E-state index in [1.54, 1.807) is 0 Å². The molecule has 1 N–H and O–H groups in total. The zero-order chi connectivity index (χ0) is 18.7. The maximum absolute atomic E-state index is 11.9. The van der Waals surface area contributed by atoms with Crippen molar-refractivity contribution >= 4 is 6.09 Å². The van der Waals surface area contributed by atoms with Gasteiger partial charge in [0, 0.05) is 32.2 Å². The number of likely N-dealkylation sites (tertiary alicyclic amines) is 2. The lowest BCUT2D eigenvalue weighted by Crippen LogP contribution is -2.47. The van der Waals surface area contributed by atoms with Gasteiger partial charge in [0.2, 0.25) is 0 Å². The topological polar surface area (TPSA) is 62.2 Å². The number of carbonyl (C=O) groups is 1. The number of carbonyl (C=O) groups excluding carboxylic acids is 1. The summed E-state index contributed by atoms with van der Waals surface area (Å²) in [6.45, 7) is 9.62. The summed E-state index contributed by atoms with van der Waals surface area (Å²) < 4.78 is 11.0. The molecule has 3 aliphatic rings. The number of aliphatic hydroxyl groups excluding tert-OH is 1. The van der Waals surface area contributed by atoms with E-state index >= 15 is 0 Å². The summed E-state index contributed by atoms with van der Waals surface area (Å²) in [6, 6.07) is 0.569. The molecule has 0 unspecified atom stereocenters. The van der Waals surface area contributed by atoms with Crippen molar-refractivity contribution in [3.63, 3.8) is 0 Å². The predicted octanol–water partition coefficient (Wildman–Crippen LogP) is 2.64. The number of ether oxygens (including phenoxy) is 2. The van der Waals surface area contributed by atoms with Crippen LogP contribution in [0.25, 0.3) is 0 Å². The highest BCUT2D eigenvalue weighted by atomic mass is 16.6.